The van der Waals surface area contributed by atoms with E-state index < -0.39 is 0 Å². The van der Waals surface area contributed by atoms with Gasteiger partial charge in [-0.05, 0) is 127 Å². The van der Waals surface area contributed by atoms with Gasteiger partial charge in [-0.1, -0.05) is 260 Å². The Morgan fingerprint density at radius 2 is 0.531 bits per heavy atom. The quantitative estimate of drug-likeness (QED) is 0.121. The summed E-state index contributed by atoms with van der Waals surface area (Å²) in [6.45, 7) is 8.72. The first-order valence-electron chi connectivity index (χ1n) is 32.6. The van der Waals surface area contributed by atoms with Crippen molar-refractivity contribution >= 4 is 43.6 Å². The van der Waals surface area contributed by atoms with Crippen LogP contribution in [0.4, 0.5) is 0 Å². The third-order valence-electron chi connectivity index (χ3n) is 18.6. The Kier molecular flexibility index (Phi) is 14.3. The topological polar surface area (TPSA) is 87.2 Å². The Morgan fingerprint density at radius 1 is 0.208 bits per heavy atom. The zero-order valence-electron chi connectivity index (χ0n) is 53.4. The van der Waals surface area contributed by atoms with Gasteiger partial charge in [-0.3, -0.25) is 0 Å². The Bertz CT molecular complexity index is 5400. The molecule has 0 radical (unpaired) electrons. The maximum absolute atomic E-state index is 5.48. The summed E-state index contributed by atoms with van der Waals surface area (Å²) in [5, 5.41) is 4.60. The molecule has 0 aliphatic heterocycles. The number of para-hydroxylation sites is 2. The van der Waals surface area contributed by atoms with Gasteiger partial charge in [-0.2, -0.15) is 0 Å². The van der Waals surface area contributed by atoms with E-state index in [0.29, 0.717) is 34.9 Å². The molecule has 13 aromatic carbocycles. The minimum Gasteiger partial charge on any atom is -0.309 e. The van der Waals surface area contributed by atoms with Gasteiger partial charge in [0.1, 0.15) is 0 Å². The molecule has 4 heterocycles. The SMILES string of the molecule is Cc1ccc(-c2ccc3c(c2)c2ccccc2n3-c2cccc(-c3nc(-c4ccccc4)nc(-c4ccccc4)n3)c2-c2cccc(-c3c(-c4nc(-c5ccccc5)nc(-c5ccccc5)n4)cccc3-n3c4ccccc4c4cc(-c5ccc(C)cc5C)ccc43)c2)c(C)c1. The maximum Gasteiger partial charge on any atom is 0.164 e. The number of rotatable bonds is 12. The molecule has 0 atom stereocenters. The van der Waals surface area contributed by atoms with Crippen LogP contribution in [0.5, 0.6) is 0 Å². The van der Waals surface area contributed by atoms with Crippen molar-refractivity contribution in [3.63, 3.8) is 0 Å². The Labute approximate surface area is 556 Å². The molecule has 4 aromatic heterocycles. The first kappa shape index (κ1) is 57.4. The predicted octanol–water partition coefficient (Wildman–Crippen LogP) is 22.2. The molecule has 0 N–H and O–H groups in total. The molecule has 17 rings (SSSR count). The second-order valence-corrected chi connectivity index (χ2v) is 24.9. The minimum absolute atomic E-state index is 0.543. The van der Waals surface area contributed by atoms with Crippen LogP contribution in [0.2, 0.25) is 0 Å². The molecule has 0 saturated heterocycles. The highest BCUT2D eigenvalue weighted by Gasteiger charge is 2.27. The number of fused-ring (bicyclic) bond motifs is 6. The van der Waals surface area contributed by atoms with Crippen molar-refractivity contribution in [3.8, 4) is 124 Å². The summed E-state index contributed by atoms with van der Waals surface area (Å²) in [6, 6.07) is 108. The maximum atomic E-state index is 5.48. The van der Waals surface area contributed by atoms with Crippen molar-refractivity contribution in [1.29, 1.82) is 0 Å². The van der Waals surface area contributed by atoms with E-state index in [1.54, 1.807) is 0 Å². The molecule has 17 aromatic rings. The largest absolute Gasteiger partial charge is 0.309 e. The van der Waals surface area contributed by atoms with Crippen molar-refractivity contribution in [2.45, 2.75) is 27.7 Å². The van der Waals surface area contributed by atoms with E-state index in [1.807, 2.05) is 72.8 Å². The second kappa shape index (κ2) is 23.9. The van der Waals surface area contributed by atoms with Crippen LogP contribution in [0.3, 0.4) is 0 Å². The van der Waals surface area contributed by atoms with Gasteiger partial charge in [-0.25, -0.2) is 29.9 Å². The van der Waals surface area contributed by atoms with Gasteiger partial charge >= 0.3 is 0 Å². The molecular formula is C88H62N8. The molecule has 0 bridgehead atoms. The molecular weight excluding hydrogens is 1170 g/mol. The molecule has 454 valence electrons. The highest BCUT2D eigenvalue weighted by atomic mass is 15.1. The number of aromatic nitrogens is 8. The Morgan fingerprint density at radius 3 is 0.906 bits per heavy atom. The van der Waals surface area contributed by atoms with Gasteiger partial charge in [0.2, 0.25) is 0 Å². The van der Waals surface area contributed by atoms with Crippen LogP contribution in [-0.2, 0) is 0 Å². The van der Waals surface area contributed by atoms with Gasteiger partial charge in [0.15, 0.2) is 34.9 Å². The van der Waals surface area contributed by atoms with Crippen molar-refractivity contribution in [3.05, 3.63) is 326 Å². The van der Waals surface area contributed by atoms with Crippen LogP contribution in [-0.4, -0.2) is 39.0 Å². The van der Waals surface area contributed by atoms with Crippen LogP contribution in [0.25, 0.3) is 168 Å². The van der Waals surface area contributed by atoms with E-state index in [2.05, 4.69) is 267 Å². The van der Waals surface area contributed by atoms with Crippen molar-refractivity contribution < 1.29 is 0 Å². The summed E-state index contributed by atoms with van der Waals surface area (Å²) in [7, 11) is 0. The van der Waals surface area contributed by atoms with Gasteiger partial charge in [0.25, 0.3) is 0 Å². The number of nitrogens with zero attached hydrogens (tertiary/aromatic N) is 8. The van der Waals surface area contributed by atoms with Crippen LogP contribution < -0.4 is 0 Å². The lowest BCUT2D eigenvalue weighted by atomic mass is 9.91. The molecule has 8 nitrogen and oxygen atoms in total. The normalized spacial score (nSPS) is 11.5. The summed E-state index contributed by atoms with van der Waals surface area (Å²) in [5.74, 6) is 3.39. The standard InChI is InChI=1S/C88H62N8/c1-55-42-46-67(57(3)50-55)63-44-48-77-73(53-63)69-34-17-19-38-75(69)95(77)79-40-22-36-71(87-91-83(59-24-9-5-10-25-59)89-84(92-87)60-26-11-6-12-27-60)81(79)65-32-21-33-66(52-65)82-72(88-93-85(61-28-13-7-14-29-61)90-86(94-88)62-30-15-8-16-31-62)37-23-41-80(82)96-76-39-20-18-35-70(76)74-54-64(45-49-78(74)96)68-47-43-56(2)51-58(68)4/h5-54H,1-4H3. The number of aryl methyl sites for hydroxylation is 4. The van der Waals surface area contributed by atoms with E-state index in [1.165, 1.54) is 44.5 Å². The number of hydrogen-bond acceptors (Lipinski definition) is 6. The lowest BCUT2D eigenvalue weighted by molar-refractivity contribution is 1.07. The molecule has 0 fully saturated rings. The fraction of sp³-hybridized carbons (Fsp3) is 0.0455. The lowest BCUT2D eigenvalue weighted by Gasteiger charge is -2.21. The Balaban J connectivity index is 0.961. The first-order valence-corrected chi connectivity index (χ1v) is 32.6. The third-order valence-corrected chi connectivity index (χ3v) is 18.6. The van der Waals surface area contributed by atoms with Gasteiger partial charge < -0.3 is 9.13 Å². The van der Waals surface area contributed by atoms with E-state index in [0.717, 1.165) is 111 Å². The summed E-state index contributed by atoms with van der Waals surface area (Å²) in [5.41, 5.74) is 25.0. The average molecular weight is 1230 g/mol. The molecule has 0 unspecified atom stereocenters. The highest BCUT2D eigenvalue weighted by Crippen LogP contribution is 2.47. The summed E-state index contributed by atoms with van der Waals surface area (Å²) < 4.78 is 4.87. The van der Waals surface area contributed by atoms with Crippen LogP contribution in [0, 0.1) is 27.7 Å². The fourth-order valence-corrected chi connectivity index (χ4v) is 14.2. The van der Waals surface area contributed by atoms with Crippen molar-refractivity contribution in [2.75, 3.05) is 0 Å². The molecule has 0 aliphatic rings. The summed E-state index contributed by atoms with van der Waals surface area (Å²) >= 11 is 0. The predicted molar refractivity (Wildman–Crippen MR) is 395 cm³/mol. The minimum atomic E-state index is 0.543. The first-order chi connectivity index (χ1) is 47.2. The zero-order valence-corrected chi connectivity index (χ0v) is 53.4. The summed E-state index contributed by atoms with van der Waals surface area (Å²) in [4.78, 5) is 32.3. The smallest absolute Gasteiger partial charge is 0.164 e. The van der Waals surface area contributed by atoms with E-state index in [9.17, 15) is 0 Å². The zero-order chi connectivity index (χ0) is 64.4. The lowest BCUT2D eigenvalue weighted by Crippen LogP contribution is -2.05. The van der Waals surface area contributed by atoms with Gasteiger partial charge in [-0.15, -0.1) is 0 Å². The highest BCUT2D eigenvalue weighted by molar-refractivity contribution is 6.13. The number of benzene rings is 13. The molecule has 0 spiro atoms. The average Bonchev–Trinajstić information content (AvgIpc) is 1.54. The van der Waals surface area contributed by atoms with Crippen LogP contribution >= 0.6 is 0 Å². The molecule has 8 heteroatoms. The van der Waals surface area contributed by atoms with E-state index >= 15 is 0 Å². The van der Waals surface area contributed by atoms with E-state index in [-0.39, 0.29) is 0 Å². The Hall–Kier alpha value is -12.5. The summed E-state index contributed by atoms with van der Waals surface area (Å²) in [6.07, 6.45) is 0. The number of hydrogen-bond donors (Lipinski definition) is 0. The van der Waals surface area contributed by atoms with Crippen molar-refractivity contribution in [1.82, 2.24) is 39.0 Å². The van der Waals surface area contributed by atoms with Crippen LogP contribution in [0.1, 0.15) is 22.3 Å². The molecule has 0 saturated carbocycles. The van der Waals surface area contributed by atoms with Crippen LogP contribution in [0.15, 0.2) is 303 Å². The second-order valence-electron chi connectivity index (χ2n) is 24.9. The third kappa shape index (κ3) is 10.2. The molecule has 0 aliphatic carbocycles. The molecule has 96 heavy (non-hydrogen) atoms. The van der Waals surface area contributed by atoms with Gasteiger partial charge in [0, 0.05) is 66.1 Å². The monoisotopic (exact) mass is 1230 g/mol. The molecule has 0 amide bonds. The van der Waals surface area contributed by atoms with Gasteiger partial charge in [0.05, 0.1) is 33.4 Å². The van der Waals surface area contributed by atoms with Crippen molar-refractivity contribution in [2.24, 2.45) is 0 Å². The van der Waals surface area contributed by atoms with E-state index in [4.69, 9.17) is 29.9 Å². The fourth-order valence-electron chi connectivity index (χ4n) is 14.2.